The number of aromatic hydroxyl groups is 1. The van der Waals surface area contributed by atoms with Gasteiger partial charge in [-0.15, -0.1) is 0 Å². The van der Waals surface area contributed by atoms with Crippen molar-refractivity contribution in [2.75, 3.05) is 0 Å². The molecule has 0 saturated heterocycles. The lowest BCUT2D eigenvalue weighted by Gasteiger charge is -2.22. The van der Waals surface area contributed by atoms with Crippen molar-refractivity contribution in [1.82, 2.24) is 0 Å². The summed E-state index contributed by atoms with van der Waals surface area (Å²) in [5.41, 5.74) is 4.33. The third-order valence-corrected chi connectivity index (χ3v) is 7.87. The van der Waals surface area contributed by atoms with Crippen LogP contribution in [0.4, 0.5) is 0 Å². The summed E-state index contributed by atoms with van der Waals surface area (Å²) >= 11 is 0. The monoisotopic (exact) mass is 445 g/mol. The fourth-order valence-electron chi connectivity index (χ4n) is 5.84. The Labute approximate surface area is 201 Å². The van der Waals surface area contributed by atoms with Gasteiger partial charge in [-0.25, -0.2) is 0 Å². The van der Waals surface area contributed by atoms with Crippen molar-refractivity contribution in [2.45, 2.75) is 115 Å². The second-order valence-corrected chi connectivity index (χ2v) is 10.4. The third kappa shape index (κ3) is 6.95. The number of nitrogens with zero attached hydrogens (tertiary/aromatic N) is 1. The van der Waals surface area contributed by atoms with E-state index >= 15 is 0 Å². The molecule has 178 valence electrons. The number of aliphatic imine (C=N–C) groups is 1. The van der Waals surface area contributed by atoms with Gasteiger partial charge in [0.1, 0.15) is 5.75 Å². The molecule has 0 amide bonds. The molecule has 0 aromatic heterocycles. The lowest BCUT2D eigenvalue weighted by atomic mass is 9.84. The molecule has 0 aliphatic heterocycles. The van der Waals surface area contributed by atoms with Crippen molar-refractivity contribution in [1.29, 1.82) is 0 Å². The highest BCUT2D eigenvalue weighted by atomic mass is 16.3. The standard InChI is InChI=1S/C31H43NO/c33-31-29(26-18-10-6-4-2-1-3-5-7-11-19-26)23-22-28(25-16-12-8-13-17-25)30(31)24-32-27-20-14-9-15-21-27/h8,12-13,16-17,22-24,26-27,33H,1-7,9-11,14-15,18-21H2. The van der Waals surface area contributed by atoms with Gasteiger partial charge in [0.15, 0.2) is 0 Å². The molecular weight excluding hydrogens is 402 g/mol. The van der Waals surface area contributed by atoms with Crippen LogP contribution in [0.3, 0.4) is 0 Å². The Kier molecular flexibility index (Phi) is 9.45. The summed E-state index contributed by atoms with van der Waals surface area (Å²) in [5, 5.41) is 11.6. The molecule has 0 heterocycles. The van der Waals surface area contributed by atoms with Gasteiger partial charge in [0, 0.05) is 17.8 Å². The maximum absolute atomic E-state index is 11.6. The predicted molar refractivity (Wildman–Crippen MR) is 142 cm³/mol. The van der Waals surface area contributed by atoms with Crippen LogP contribution in [0.5, 0.6) is 5.75 Å². The smallest absolute Gasteiger partial charge is 0.128 e. The molecule has 2 fully saturated rings. The van der Waals surface area contributed by atoms with E-state index in [2.05, 4.69) is 42.5 Å². The molecule has 1 N–H and O–H groups in total. The molecule has 0 atom stereocenters. The highest BCUT2D eigenvalue weighted by Crippen LogP contribution is 2.40. The largest absolute Gasteiger partial charge is 0.507 e. The quantitative estimate of drug-likeness (QED) is 0.467. The van der Waals surface area contributed by atoms with Crippen LogP contribution in [-0.4, -0.2) is 17.4 Å². The molecule has 0 bridgehead atoms. The van der Waals surface area contributed by atoms with E-state index in [0.29, 0.717) is 17.7 Å². The van der Waals surface area contributed by atoms with Crippen LogP contribution in [0.2, 0.25) is 0 Å². The zero-order valence-electron chi connectivity index (χ0n) is 20.5. The average molecular weight is 446 g/mol. The number of rotatable bonds is 4. The summed E-state index contributed by atoms with van der Waals surface area (Å²) in [6.45, 7) is 0. The molecule has 0 spiro atoms. The van der Waals surface area contributed by atoms with Crippen molar-refractivity contribution in [2.24, 2.45) is 4.99 Å². The summed E-state index contributed by atoms with van der Waals surface area (Å²) in [6, 6.07) is 15.4. The van der Waals surface area contributed by atoms with Crippen molar-refractivity contribution in [3.63, 3.8) is 0 Å². The molecule has 2 aromatic carbocycles. The lowest BCUT2D eigenvalue weighted by Crippen LogP contribution is -2.10. The highest BCUT2D eigenvalue weighted by molar-refractivity contribution is 5.94. The highest BCUT2D eigenvalue weighted by Gasteiger charge is 2.20. The van der Waals surface area contributed by atoms with Gasteiger partial charge in [-0.1, -0.05) is 120 Å². The van der Waals surface area contributed by atoms with Gasteiger partial charge in [0.2, 0.25) is 0 Å². The van der Waals surface area contributed by atoms with E-state index < -0.39 is 0 Å². The molecule has 0 radical (unpaired) electrons. The minimum absolute atomic E-state index is 0.409. The first kappa shape index (κ1) is 24.0. The second kappa shape index (κ2) is 13.0. The van der Waals surface area contributed by atoms with Crippen molar-refractivity contribution in [3.8, 4) is 16.9 Å². The topological polar surface area (TPSA) is 32.6 Å². The zero-order valence-corrected chi connectivity index (χ0v) is 20.5. The zero-order chi connectivity index (χ0) is 22.7. The van der Waals surface area contributed by atoms with Crippen molar-refractivity contribution < 1.29 is 5.11 Å². The summed E-state index contributed by atoms with van der Waals surface area (Å²) < 4.78 is 0. The maximum Gasteiger partial charge on any atom is 0.128 e. The SMILES string of the molecule is Oc1c(C2CCCCCCCCCCC2)ccc(-c2ccccc2)c1C=NC1CCCCC1. The van der Waals surface area contributed by atoms with Gasteiger partial charge in [-0.05, 0) is 48.3 Å². The Balaban J connectivity index is 1.63. The molecular formula is C31H43NO. The van der Waals surface area contributed by atoms with E-state index in [4.69, 9.17) is 4.99 Å². The Morgan fingerprint density at radius 2 is 1.18 bits per heavy atom. The molecule has 0 unspecified atom stereocenters. The van der Waals surface area contributed by atoms with Crippen LogP contribution in [0.15, 0.2) is 47.5 Å². The van der Waals surface area contributed by atoms with E-state index in [1.165, 1.54) is 103 Å². The molecule has 33 heavy (non-hydrogen) atoms. The minimum Gasteiger partial charge on any atom is -0.507 e. The van der Waals surface area contributed by atoms with Crippen LogP contribution in [0.1, 0.15) is 120 Å². The fraction of sp³-hybridized carbons (Fsp3) is 0.581. The minimum atomic E-state index is 0.409. The first-order valence-corrected chi connectivity index (χ1v) is 13.8. The van der Waals surface area contributed by atoms with Crippen LogP contribution in [0.25, 0.3) is 11.1 Å². The van der Waals surface area contributed by atoms with Crippen molar-refractivity contribution >= 4 is 6.21 Å². The van der Waals surface area contributed by atoms with Crippen LogP contribution >= 0.6 is 0 Å². The molecule has 2 aliphatic carbocycles. The van der Waals surface area contributed by atoms with Gasteiger partial charge < -0.3 is 5.11 Å². The Morgan fingerprint density at radius 1 is 0.636 bits per heavy atom. The summed E-state index contributed by atoms with van der Waals surface area (Å²) in [6.07, 6.45) is 22.8. The molecule has 2 saturated carbocycles. The fourth-order valence-corrected chi connectivity index (χ4v) is 5.84. The average Bonchev–Trinajstić information content (AvgIpc) is 2.85. The van der Waals surface area contributed by atoms with Gasteiger partial charge in [0.05, 0.1) is 0 Å². The normalized spacial score (nSPS) is 20.4. The number of phenols is 1. The van der Waals surface area contributed by atoms with Gasteiger partial charge in [-0.2, -0.15) is 0 Å². The molecule has 2 heteroatoms. The number of hydrogen-bond donors (Lipinski definition) is 1. The number of benzene rings is 2. The second-order valence-electron chi connectivity index (χ2n) is 10.4. The van der Waals surface area contributed by atoms with Crippen LogP contribution in [0, 0.1) is 0 Å². The summed E-state index contributed by atoms with van der Waals surface area (Å²) in [5.74, 6) is 0.934. The van der Waals surface area contributed by atoms with Gasteiger partial charge >= 0.3 is 0 Å². The van der Waals surface area contributed by atoms with Gasteiger partial charge in [0.25, 0.3) is 0 Å². The summed E-state index contributed by atoms with van der Waals surface area (Å²) in [7, 11) is 0. The Bertz CT molecular complexity index is 854. The predicted octanol–water partition coefficient (Wildman–Crippen LogP) is 9.20. The van der Waals surface area contributed by atoms with E-state index in [1.54, 1.807) is 0 Å². The Morgan fingerprint density at radius 3 is 1.82 bits per heavy atom. The van der Waals surface area contributed by atoms with Crippen LogP contribution < -0.4 is 0 Å². The van der Waals surface area contributed by atoms with E-state index in [-0.39, 0.29) is 0 Å². The summed E-state index contributed by atoms with van der Waals surface area (Å²) in [4.78, 5) is 4.99. The first-order chi connectivity index (χ1) is 16.3. The molecule has 4 rings (SSSR count). The molecule has 2 nitrogen and oxygen atoms in total. The van der Waals surface area contributed by atoms with E-state index in [0.717, 1.165) is 22.3 Å². The molecule has 2 aromatic rings. The third-order valence-electron chi connectivity index (χ3n) is 7.87. The van der Waals surface area contributed by atoms with Crippen LogP contribution in [-0.2, 0) is 0 Å². The van der Waals surface area contributed by atoms with E-state index in [9.17, 15) is 5.11 Å². The van der Waals surface area contributed by atoms with Crippen molar-refractivity contribution in [3.05, 3.63) is 53.6 Å². The van der Waals surface area contributed by atoms with Gasteiger partial charge in [-0.3, -0.25) is 4.99 Å². The molecule has 2 aliphatic rings. The maximum atomic E-state index is 11.6. The number of hydrogen-bond acceptors (Lipinski definition) is 2. The Hall–Kier alpha value is -2.09. The lowest BCUT2D eigenvalue weighted by molar-refractivity contribution is 0.432. The first-order valence-electron chi connectivity index (χ1n) is 13.8. The number of phenolic OH excluding ortho intramolecular Hbond substituents is 1. The van der Waals surface area contributed by atoms with E-state index in [1.807, 2.05) is 6.21 Å².